The zero-order valence-electron chi connectivity index (χ0n) is 8.97. The van der Waals surface area contributed by atoms with Gasteiger partial charge in [0, 0.05) is 12.0 Å². The van der Waals surface area contributed by atoms with Gasteiger partial charge < -0.3 is 10.0 Å². The van der Waals surface area contributed by atoms with Crippen molar-refractivity contribution >= 4 is 18.4 Å². The van der Waals surface area contributed by atoms with Crippen LogP contribution in [0.5, 0.6) is 0 Å². The number of hydrogen-bond acceptors (Lipinski definition) is 3. The third-order valence-electron chi connectivity index (χ3n) is 2.13. The lowest BCUT2D eigenvalue weighted by Gasteiger charge is -2.08. The summed E-state index contributed by atoms with van der Waals surface area (Å²) >= 11 is 0. The van der Waals surface area contributed by atoms with Crippen molar-refractivity contribution in [3.63, 3.8) is 0 Å². The van der Waals surface area contributed by atoms with E-state index in [9.17, 15) is 4.79 Å². The average Bonchev–Trinajstić information content (AvgIpc) is 2.16. The molecule has 0 fully saturated rings. The van der Waals surface area contributed by atoms with Crippen LogP contribution in [-0.4, -0.2) is 22.9 Å². The minimum absolute atomic E-state index is 0.0475. The molecule has 0 saturated carbocycles. The van der Waals surface area contributed by atoms with Gasteiger partial charge in [0.1, 0.15) is 0 Å². The van der Waals surface area contributed by atoms with E-state index in [2.05, 4.69) is 0 Å². The maximum absolute atomic E-state index is 11.8. The highest BCUT2D eigenvalue weighted by molar-refractivity contribution is 6.60. The largest absolute Gasteiger partial charge is 0.489 e. The summed E-state index contributed by atoms with van der Waals surface area (Å²) in [5.74, 6) is 0.218. The van der Waals surface area contributed by atoms with Crippen molar-refractivity contribution in [2.75, 3.05) is 0 Å². The fraction of sp³-hybridized carbons (Fsp3) is 0.364. The number of hydrogen-bond donors (Lipinski definition) is 2. The van der Waals surface area contributed by atoms with Gasteiger partial charge in [-0.1, -0.05) is 38.1 Å². The van der Waals surface area contributed by atoms with Crippen LogP contribution >= 0.6 is 0 Å². The Morgan fingerprint density at radius 3 is 2.47 bits per heavy atom. The van der Waals surface area contributed by atoms with E-state index in [4.69, 9.17) is 10.0 Å². The third kappa shape index (κ3) is 3.18. The third-order valence-corrected chi connectivity index (χ3v) is 2.13. The van der Waals surface area contributed by atoms with E-state index in [0.717, 1.165) is 0 Å². The summed E-state index contributed by atoms with van der Waals surface area (Å²) in [6.45, 7) is 3.91. The zero-order valence-corrected chi connectivity index (χ0v) is 8.97. The van der Waals surface area contributed by atoms with Gasteiger partial charge in [-0.05, 0) is 11.4 Å². The summed E-state index contributed by atoms with van der Waals surface area (Å²) in [4.78, 5) is 11.8. The Bertz CT molecular complexity index is 347. The van der Waals surface area contributed by atoms with E-state index >= 15 is 0 Å². The molecule has 0 radical (unpaired) electrons. The lowest BCUT2D eigenvalue weighted by Crippen LogP contribution is -2.34. The second-order valence-electron chi connectivity index (χ2n) is 3.98. The van der Waals surface area contributed by atoms with Crippen LogP contribution in [-0.2, 0) is 0 Å². The van der Waals surface area contributed by atoms with Gasteiger partial charge in [-0.3, -0.25) is 4.79 Å². The molecular weight excluding hydrogens is 191 g/mol. The van der Waals surface area contributed by atoms with Crippen LogP contribution in [0.2, 0.25) is 0 Å². The van der Waals surface area contributed by atoms with Gasteiger partial charge in [-0.15, -0.1) is 0 Å². The molecule has 0 aliphatic heterocycles. The number of Topliss-reactive ketones (excluding diaryl/α,β-unsaturated/α-hetero) is 1. The SMILES string of the molecule is CC(C)CC(=O)c1ccccc1B(O)O. The Hall–Kier alpha value is -1.13. The Morgan fingerprint density at radius 2 is 1.93 bits per heavy atom. The Morgan fingerprint density at radius 1 is 1.33 bits per heavy atom. The Kier molecular flexibility index (Phi) is 4.06. The monoisotopic (exact) mass is 206 g/mol. The molecule has 1 aromatic carbocycles. The number of ketones is 1. The molecule has 0 atom stereocenters. The van der Waals surface area contributed by atoms with Crippen LogP contribution in [0.15, 0.2) is 24.3 Å². The molecule has 0 aliphatic rings. The summed E-state index contributed by atoms with van der Waals surface area (Å²) < 4.78 is 0. The molecule has 0 saturated heterocycles. The van der Waals surface area contributed by atoms with Crippen LogP contribution in [0.4, 0.5) is 0 Å². The molecule has 0 aromatic heterocycles. The minimum atomic E-state index is -1.59. The van der Waals surface area contributed by atoms with Gasteiger partial charge in [-0.2, -0.15) is 0 Å². The predicted octanol–water partition coefficient (Wildman–Crippen LogP) is 0.595. The van der Waals surface area contributed by atoms with Crippen molar-refractivity contribution in [1.82, 2.24) is 0 Å². The molecule has 0 bridgehead atoms. The molecule has 0 unspecified atom stereocenters. The molecule has 1 aromatic rings. The smallest absolute Gasteiger partial charge is 0.423 e. The molecule has 4 heteroatoms. The topological polar surface area (TPSA) is 57.5 Å². The van der Waals surface area contributed by atoms with Crippen LogP contribution in [0, 0.1) is 5.92 Å². The predicted molar refractivity (Wildman–Crippen MR) is 60.1 cm³/mol. The molecule has 0 amide bonds. The van der Waals surface area contributed by atoms with Crippen LogP contribution in [0.3, 0.4) is 0 Å². The molecule has 15 heavy (non-hydrogen) atoms. The zero-order chi connectivity index (χ0) is 11.4. The number of benzene rings is 1. The normalized spacial score (nSPS) is 10.5. The van der Waals surface area contributed by atoms with Gasteiger partial charge in [-0.25, -0.2) is 0 Å². The van der Waals surface area contributed by atoms with Crippen LogP contribution in [0.25, 0.3) is 0 Å². The van der Waals surface area contributed by atoms with Crippen molar-refractivity contribution < 1.29 is 14.8 Å². The molecule has 0 heterocycles. The fourth-order valence-electron chi connectivity index (χ4n) is 1.46. The number of rotatable bonds is 4. The summed E-state index contributed by atoms with van der Waals surface area (Å²) in [6, 6.07) is 6.58. The summed E-state index contributed by atoms with van der Waals surface area (Å²) in [7, 11) is -1.59. The van der Waals surface area contributed by atoms with Crippen molar-refractivity contribution in [2.24, 2.45) is 5.92 Å². The van der Waals surface area contributed by atoms with E-state index in [1.165, 1.54) is 0 Å². The van der Waals surface area contributed by atoms with Crippen molar-refractivity contribution in [3.8, 4) is 0 Å². The molecule has 2 N–H and O–H groups in total. The van der Waals surface area contributed by atoms with Gasteiger partial charge in [0.15, 0.2) is 5.78 Å². The molecule has 3 nitrogen and oxygen atoms in total. The summed E-state index contributed by atoms with van der Waals surface area (Å²) in [6.07, 6.45) is 0.420. The van der Waals surface area contributed by atoms with Crippen LogP contribution in [0.1, 0.15) is 30.6 Å². The number of carbonyl (C=O) groups excluding carboxylic acids is 1. The summed E-state index contributed by atoms with van der Waals surface area (Å²) in [5, 5.41) is 18.2. The van der Waals surface area contributed by atoms with Crippen molar-refractivity contribution in [2.45, 2.75) is 20.3 Å². The molecule has 0 spiro atoms. The maximum atomic E-state index is 11.8. The standard InChI is InChI=1S/C11H15BO3/c1-8(2)7-11(13)9-5-3-4-6-10(9)12(14)15/h3-6,8,14-15H,7H2,1-2H3. The highest BCUT2D eigenvalue weighted by Crippen LogP contribution is 2.07. The maximum Gasteiger partial charge on any atom is 0.489 e. The van der Waals surface area contributed by atoms with Crippen molar-refractivity contribution in [3.05, 3.63) is 29.8 Å². The van der Waals surface area contributed by atoms with E-state index in [0.29, 0.717) is 12.0 Å². The van der Waals surface area contributed by atoms with Gasteiger partial charge in [0.05, 0.1) is 0 Å². The highest BCUT2D eigenvalue weighted by Gasteiger charge is 2.19. The second-order valence-corrected chi connectivity index (χ2v) is 3.98. The first-order valence-corrected chi connectivity index (χ1v) is 5.00. The van der Waals surface area contributed by atoms with Gasteiger partial charge in [0.25, 0.3) is 0 Å². The van der Waals surface area contributed by atoms with Gasteiger partial charge in [0.2, 0.25) is 0 Å². The first kappa shape index (κ1) is 11.9. The lowest BCUT2D eigenvalue weighted by molar-refractivity contribution is 0.0968. The molecule has 80 valence electrons. The van der Waals surface area contributed by atoms with Crippen molar-refractivity contribution in [1.29, 1.82) is 0 Å². The summed E-state index contributed by atoms with van der Waals surface area (Å²) in [5.41, 5.74) is 0.685. The Labute approximate surface area is 89.9 Å². The van der Waals surface area contributed by atoms with Crippen LogP contribution < -0.4 is 5.46 Å². The highest BCUT2D eigenvalue weighted by atomic mass is 16.4. The van der Waals surface area contributed by atoms with E-state index in [1.807, 2.05) is 13.8 Å². The first-order chi connectivity index (χ1) is 7.02. The van der Waals surface area contributed by atoms with E-state index in [-0.39, 0.29) is 17.2 Å². The Balaban J connectivity index is 2.97. The van der Waals surface area contributed by atoms with Gasteiger partial charge >= 0.3 is 7.12 Å². The fourth-order valence-corrected chi connectivity index (χ4v) is 1.46. The lowest BCUT2D eigenvalue weighted by atomic mass is 9.75. The second kappa shape index (κ2) is 5.10. The average molecular weight is 206 g/mol. The quantitative estimate of drug-likeness (QED) is 0.560. The minimum Gasteiger partial charge on any atom is -0.423 e. The molecular formula is C11H15BO3. The first-order valence-electron chi connectivity index (χ1n) is 5.00. The van der Waals surface area contributed by atoms with E-state index in [1.54, 1.807) is 24.3 Å². The molecule has 1 rings (SSSR count). The number of carbonyl (C=O) groups is 1. The molecule has 0 aliphatic carbocycles. The van der Waals surface area contributed by atoms with E-state index < -0.39 is 7.12 Å².